The molecule has 0 spiro atoms. The Kier molecular flexibility index (Phi) is 4.88. The van der Waals surface area contributed by atoms with Crippen molar-refractivity contribution in [2.45, 2.75) is 49.8 Å². The summed E-state index contributed by atoms with van der Waals surface area (Å²) in [6, 6.07) is 0.438. The van der Waals surface area contributed by atoms with Crippen LogP contribution in [-0.4, -0.2) is 22.5 Å². The third kappa shape index (κ3) is 3.46. The molecule has 0 saturated heterocycles. The van der Waals surface area contributed by atoms with Crippen LogP contribution in [0.25, 0.3) is 0 Å². The Morgan fingerprint density at radius 2 is 2.24 bits per heavy atom. The summed E-state index contributed by atoms with van der Waals surface area (Å²) < 4.78 is 0.483. The van der Waals surface area contributed by atoms with Crippen LogP contribution in [0.15, 0.2) is 11.7 Å². The van der Waals surface area contributed by atoms with Crippen molar-refractivity contribution in [2.75, 3.05) is 12.8 Å². The molecule has 1 saturated carbocycles. The largest absolute Gasteiger partial charge is 0.308 e. The lowest BCUT2D eigenvalue weighted by Crippen LogP contribution is -2.40. The van der Waals surface area contributed by atoms with E-state index in [1.165, 1.54) is 37.0 Å². The Morgan fingerprint density at radius 3 is 2.82 bits per heavy atom. The van der Waals surface area contributed by atoms with Gasteiger partial charge in [-0.2, -0.15) is 11.8 Å². The molecule has 17 heavy (non-hydrogen) atoms. The van der Waals surface area contributed by atoms with Gasteiger partial charge in [0.25, 0.3) is 0 Å². The maximum atomic E-state index is 4.15. The van der Waals surface area contributed by atoms with Crippen molar-refractivity contribution in [3.8, 4) is 0 Å². The molecule has 4 heteroatoms. The van der Waals surface area contributed by atoms with Gasteiger partial charge in [0.2, 0.25) is 0 Å². The third-order valence-electron chi connectivity index (χ3n) is 3.81. The molecule has 0 bridgehead atoms. The maximum Gasteiger partial charge on any atom is 0.0794 e. The molecule has 1 fully saturated rings. The molecule has 96 valence electrons. The highest BCUT2D eigenvalue weighted by Crippen LogP contribution is 2.38. The van der Waals surface area contributed by atoms with E-state index < -0.39 is 0 Å². The summed E-state index contributed by atoms with van der Waals surface area (Å²) in [5, 5.41) is 3.70. The molecule has 0 radical (unpaired) electrons. The molecule has 1 aliphatic rings. The highest BCUT2D eigenvalue weighted by Gasteiger charge is 2.31. The smallest absolute Gasteiger partial charge is 0.0794 e. The van der Waals surface area contributed by atoms with Crippen molar-refractivity contribution < 1.29 is 0 Å². The van der Waals surface area contributed by atoms with Crippen LogP contribution in [0.3, 0.4) is 0 Å². The average molecular weight is 270 g/mol. The number of nitrogens with one attached hydrogen (secondary N) is 1. The maximum absolute atomic E-state index is 4.15. The van der Waals surface area contributed by atoms with Gasteiger partial charge in [0.15, 0.2) is 0 Å². The lowest BCUT2D eigenvalue weighted by molar-refractivity contribution is 0.368. The Bertz CT molecular complexity index is 318. The summed E-state index contributed by atoms with van der Waals surface area (Å²) in [7, 11) is 0. The van der Waals surface area contributed by atoms with Crippen LogP contribution in [0.2, 0.25) is 0 Å². The summed E-state index contributed by atoms with van der Waals surface area (Å²) >= 11 is 3.80. The lowest BCUT2D eigenvalue weighted by atomic mass is 9.88. The van der Waals surface area contributed by atoms with Crippen LogP contribution in [0.1, 0.15) is 49.9 Å². The Hall–Kier alpha value is -0.0600. The fourth-order valence-electron chi connectivity index (χ4n) is 2.53. The fourth-order valence-corrected chi connectivity index (χ4v) is 4.11. The van der Waals surface area contributed by atoms with Crippen LogP contribution in [-0.2, 0) is 0 Å². The van der Waals surface area contributed by atoms with Crippen LogP contribution in [0, 0.1) is 0 Å². The van der Waals surface area contributed by atoms with Crippen molar-refractivity contribution in [2.24, 2.45) is 0 Å². The monoisotopic (exact) mass is 270 g/mol. The third-order valence-corrected chi connectivity index (χ3v) is 6.18. The van der Waals surface area contributed by atoms with E-state index in [0.717, 1.165) is 6.54 Å². The molecule has 1 atom stereocenters. The van der Waals surface area contributed by atoms with Crippen LogP contribution in [0.4, 0.5) is 0 Å². The van der Waals surface area contributed by atoms with Gasteiger partial charge in [-0.15, -0.1) is 11.3 Å². The van der Waals surface area contributed by atoms with E-state index in [1.54, 1.807) is 11.3 Å². The first-order valence-corrected chi connectivity index (χ1v) is 8.53. The quantitative estimate of drug-likeness (QED) is 0.879. The van der Waals surface area contributed by atoms with Gasteiger partial charge in [0.05, 0.1) is 5.51 Å². The SMILES string of the molecule is CSC1(CNC(C)c2cncs2)CCCCC1. The molecule has 0 aliphatic heterocycles. The Labute approximate surface area is 113 Å². The first kappa shape index (κ1) is 13.4. The van der Waals surface area contributed by atoms with Crippen molar-refractivity contribution >= 4 is 23.1 Å². The van der Waals surface area contributed by atoms with E-state index in [2.05, 4.69) is 35.2 Å². The van der Waals surface area contributed by atoms with Crippen molar-refractivity contribution in [1.29, 1.82) is 0 Å². The summed E-state index contributed by atoms with van der Waals surface area (Å²) in [5.74, 6) is 0. The van der Waals surface area contributed by atoms with Crippen LogP contribution in [0.5, 0.6) is 0 Å². The molecule has 2 nitrogen and oxygen atoms in total. The second-order valence-electron chi connectivity index (χ2n) is 4.95. The predicted molar refractivity (Wildman–Crippen MR) is 77.9 cm³/mol. The number of nitrogens with zero attached hydrogens (tertiary/aromatic N) is 1. The topological polar surface area (TPSA) is 24.9 Å². The second-order valence-corrected chi connectivity index (χ2v) is 7.15. The van der Waals surface area contributed by atoms with Gasteiger partial charge in [0.1, 0.15) is 0 Å². The number of thiazole rings is 1. The summed E-state index contributed by atoms with van der Waals surface area (Å²) in [4.78, 5) is 5.49. The minimum absolute atomic E-state index is 0.438. The zero-order chi connectivity index (χ0) is 12.1. The van der Waals surface area contributed by atoms with Gasteiger partial charge in [-0.05, 0) is 26.0 Å². The number of rotatable bonds is 5. The van der Waals surface area contributed by atoms with Crippen molar-refractivity contribution in [1.82, 2.24) is 10.3 Å². The predicted octanol–water partition coefficient (Wildman–Crippen LogP) is 3.86. The van der Waals surface area contributed by atoms with Gasteiger partial charge >= 0.3 is 0 Å². The Balaban J connectivity index is 1.87. The fraction of sp³-hybridized carbons (Fsp3) is 0.769. The zero-order valence-electron chi connectivity index (χ0n) is 10.7. The molecule has 2 rings (SSSR count). The average Bonchev–Trinajstić information content (AvgIpc) is 2.91. The molecule has 0 amide bonds. The molecule has 0 aromatic carbocycles. The summed E-state index contributed by atoms with van der Waals surface area (Å²) in [6.45, 7) is 3.37. The zero-order valence-corrected chi connectivity index (χ0v) is 12.4. The molecule has 1 aliphatic carbocycles. The summed E-state index contributed by atoms with van der Waals surface area (Å²) in [6.07, 6.45) is 11.2. The van der Waals surface area contributed by atoms with Gasteiger partial charge in [-0.3, -0.25) is 4.98 Å². The van der Waals surface area contributed by atoms with E-state index in [-0.39, 0.29) is 0 Å². The Morgan fingerprint density at radius 1 is 1.47 bits per heavy atom. The number of hydrogen-bond acceptors (Lipinski definition) is 4. The molecular weight excluding hydrogens is 248 g/mol. The molecule has 1 aromatic heterocycles. The number of thioether (sulfide) groups is 1. The highest BCUT2D eigenvalue weighted by molar-refractivity contribution is 8.00. The van der Waals surface area contributed by atoms with E-state index >= 15 is 0 Å². The minimum Gasteiger partial charge on any atom is -0.308 e. The van der Waals surface area contributed by atoms with Gasteiger partial charge in [-0.25, -0.2) is 0 Å². The molecule has 1 unspecified atom stereocenters. The molecular formula is C13H22N2S2. The lowest BCUT2D eigenvalue weighted by Gasteiger charge is -2.36. The normalized spacial score (nSPS) is 21.3. The van der Waals surface area contributed by atoms with Crippen LogP contribution < -0.4 is 5.32 Å². The van der Waals surface area contributed by atoms with Gasteiger partial charge < -0.3 is 5.32 Å². The van der Waals surface area contributed by atoms with Crippen LogP contribution >= 0.6 is 23.1 Å². The van der Waals surface area contributed by atoms with E-state index in [4.69, 9.17) is 0 Å². The minimum atomic E-state index is 0.438. The van der Waals surface area contributed by atoms with E-state index in [9.17, 15) is 0 Å². The van der Waals surface area contributed by atoms with Crippen molar-refractivity contribution in [3.05, 3.63) is 16.6 Å². The molecule has 1 aromatic rings. The number of aromatic nitrogens is 1. The van der Waals surface area contributed by atoms with E-state index in [1.807, 2.05) is 11.7 Å². The van der Waals surface area contributed by atoms with Crippen molar-refractivity contribution in [3.63, 3.8) is 0 Å². The number of hydrogen-bond donors (Lipinski definition) is 1. The highest BCUT2D eigenvalue weighted by atomic mass is 32.2. The molecule has 1 N–H and O–H groups in total. The standard InChI is InChI=1S/C13H22N2S2/c1-11(12-8-14-10-17-12)15-9-13(16-2)6-4-3-5-7-13/h8,10-11,15H,3-7,9H2,1-2H3. The first-order chi connectivity index (χ1) is 8.26. The van der Waals surface area contributed by atoms with E-state index in [0.29, 0.717) is 10.8 Å². The second kappa shape index (κ2) is 6.21. The van der Waals surface area contributed by atoms with Gasteiger partial charge in [0, 0.05) is 28.4 Å². The summed E-state index contributed by atoms with van der Waals surface area (Å²) in [5.41, 5.74) is 1.92. The van der Waals surface area contributed by atoms with Gasteiger partial charge in [-0.1, -0.05) is 19.3 Å². The first-order valence-electron chi connectivity index (χ1n) is 6.43. The molecule has 1 heterocycles.